The highest BCUT2D eigenvalue weighted by Crippen LogP contribution is 2.21. The summed E-state index contributed by atoms with van der Waals surface area (Å²) in [6, 6.07) is -3.36. The molecule has 1 fully saturated rings. The quantitative estimate of drug-likeness (QED) is 0.0967. The number of rotatable bonds is 13. The Labute approximate surface area is 289 Å². The minimum Gasteiger partial charge on any atom is -0.480 e. The number of benzene rings is 1. The molecule has 1 aromatic rings. The molecule has 14 nitrogen and oxygen atoms in total. The van der Waals surface area contributed by atoms with Crippen LogP contribution in [0.1, 0.15) is 52.0 Å². The van der Waals surface area contributed by atoms with E-state index in [-0.39, 0.29) is 38.0 Å². The summed E-state index contributed by atoms with van der Waals surface area (Å²) in [5.41, 5.74) is 5.72. The lowest BCUT2D eigenvalue weighted by Crippen LogP contribution is -2.53. The van der Waals surface area contributed by atoms with Crippen molar-refractivity contribution in [1.29, 1.82) is 0 Å². The third kappa shape index (κ3) is 16.6. The molecule has 0 aromatic heterocycles. The number of carboxylic acid groups (broad SMARTS) is 3. The molecule has 2 rings (SSSR count). The molecule has 0 aliphatic carbocycles. The molecule has 296 valence electrons. The van der Waals surface area contributed by atoms with Crippen LogP contribution in [0.2, 0.25) is 0 Å². The van der Waals surface area contributed by atoms with Crippen molar-refractivity contribution in [3.8, 4) is 0 Å². The van der Waals surface area contributed by atoms with Crippen LogP contribution in [0.3, 0.4) is 0 Å². The van der Waals surface area contributed by atoms with Crippen LogP contribution in [0.4, 0.5) is 39.5 Å². The van der Waals surface area contributed by atoms with Crippen molar-refractivity contribution < 1.29 is 88.3 Å². The Morgan fingerprint density at radius 3 is 1.87 bits per heavy atom. The Morgan fingerprint density at radius 2 is 1.42 bits per heavy atom. The summed E-state index contributed by atoms with van der Waals surface area (Å²) < 4.78 is 109. The van der Waals surface area contributed by atoms with Gasteiger partial charge in [0.05, 0.1) is 12.6 Å². The monoisotopic (exact) mass is 772 g/mol. The molecular formula is C29H37F9N4O10. The highest BCUT2D eigenvalue weighted by Gasteiger charge is 2.42. The lowest BCUT2D eigenvalue weighted by molar-refractivity contribution is -0.193. The predicted molar refractivity (Wildman–Crippen MR) is 158 cm³/mol. The van der Waals surface area contributed by atoms with Gasteiger partial charge < -0.3 is 36.0 Å². The average molecular weight is 773 g/mol. The summed E-state index contributed by atoms with van der Waals surface area (Å²) in [6.45, 7) is 5.15. The number of carbonyl (C=O) groups is 6. The molecule has 1 aliphatic rings. The van der Waals surface area contributed by atoms with Crippen LogP contribution < -0.4 is 16.4 Å². The summed E-state index contributed by atoms with van der Waals surface area (Å²) in [4.78, 5) is 68.6. The van der Waals surface area contributed by atoms with Gasteiger partial charge in [-0.2, -0.15) is 26.3 Å². The molecule has 1 aromatic carbocycles. The van der Waals surface area contributed by atoms with Gasteiger partial charge in [-0.15, -0.1) is 0 Å². The number of nitrogens with zero attached hydrogens (tertiary/aromatic N) is 1. The van der Waals surface area contributed by atoms with Gasteiger partial charge in [-0.05, 0) is 38.3 Å². The van der Waals surface area contributed by atoms with Gasteiger partial charge in [-0.3, -0.25) is 19.7 Å². The molecule has 2 amide bonds. The van der Waals surface area contributed by atoms with Gasteiger partial charge in [0.25, 0.3) is 0 Å². The second-order valence-electron chi connectivity index (χ2n) is 11.0. The van der Waals surface area contributed by atoms with Crippen molar-refractivity contribution in [1.82, 2.24) is 15.5 Å². The summed E-state index contributed by atoms with van der Waals surface area (Å²) >= 11 is 0. The van der Waals surface area contributed by atoms with Crippen molar-refractivity contribution in [2.45, 2.75) is 95.4 Å². The van der Waals surface area contributed by atoms with Crippen molar-refractivity contribution in [2.24, 2.45) is 5.73 Å². The van der Waals surface area contributed by atoms with E-state index in [1.807, 2.05) is 6.92 Å². The maximum Gasteiger partial charge on any atom is 0.490 e. The van der Waals surface area contributed by atoms with E-state index < -0.39 is 95.7 Å². The minimum absolute atomic E-state index is 0.0527. The van der Waals surface area contributed by atoms with E-state index in [9.17, 15) is 63.8 Å². The number of nitrogens with two attached hydrogens (primary N) is 1. The maximum absolute atomic E-state index is 13.9. The van der Waals surface area contributed by atoms with Crippen LogP contribution in [0.5, 0.6) is 0 Å². The summed E-state index contributed by atoms with van der Waals surface area (Å²) in [5, 5.41) is 29.5. The first-order valence-corrected chi connectivity index (χ1v) is 15.0. The number of aliphatic carboxylic acids is 3. The molecule has 5 atom stereocenters. The molecule has 0 bridgehead atoms. The lowest BCUT2D eigenvalue weighted by Gasteiger charge is -2.27. The van der Waals surface area contributed by atoms with Crippen molar-refractivity contribution in [3.63, 3.8) is 0 Å². The highest BCUT2D eigenvalue weighted by molar-refractivity contribution is 5.88. The fraction of sp³-hybridized carbons (Fsp3) is 0.586. The summed E-state index contributed by atoms with van der Waals surface area (Å²) in [7, 11) is 0. The molecule has 23 heteroatoms. The van der Waals surface area contributed by atoms with Crippen molar-refractivity contribution in [3.05, 3.63) is 35.1 Å². The van der Waals surface area contributed by atoms with Gasteiger partial charge >= 0.3 is 36.2 Å². The van der Waals surface area contributed by atoms with Crippen LogP contribution >= 0.6 is 0 Å². The second-order valence-corrected chi connectivity index (χ2v) is 11.0. The zero-order valence-electron chi connectivity index (χ0n) is 27.6. The number of carbonyl (C=O) groups excluding carboxylic acids is 3. The number of carboxylic acids is 3. The molecule has 1 aliphatic heterocycles. The Kier molecular flexibility index (Phi) is 19.1. The third-order valence-electron chi connectivity index (χ3n) is 6.71. The van der Waals surface area contributed by atoms with Crippen molar-refractivity contribution in [2.75, 3.05) is 13.2 Å². The fourth-order valence-electron chi connectivity index (χ4n) is 4.44. The molecule has 1 heterocycles. The molecule has 0 saturated carbocycles. The van der Waals surface area contributed by atoms with Gasteiger partial charge in [0.1, 0.15) is 17.9 Å². The molecule has 52 heavy (non-hydrogen) atoms. The van der Waals surface area contributed by atoms with E-state index >= 15 is 0 Å². The van der Waals surface area contributed by atoms with Gasteiger partial charge in [0, 0.05) is 37.5 Å². The number of esters is 1. The van der Waals surface area contributed by atoms with E-state index in [0.717, 1.165) is 4.90 Å². The Bertz CT molecular complexity index is 1390. The largest absolute Gasteiger partial charge is 0.490 e. The number of ether oxygens (including phenoxy) is 1. The Hall–Kier alpha value is -4.67. The number of nitrogens with one attached hydrogen (secondary N) is 2. The number of amides is 2. The molecular weight excluding hydrogens is 735 g/mol. The Balaban J connectivity index is 0.00000156. The number of hydrogen-bond acceptors (Lipinski definition) is 9. The molecule has 1 unspecified atom stereocenters. The summed E-state index contributed by atoms with van der Waals surface area (Å²) in [5.74, 6) is -11.9. The standard InChI is InChI=1S/C25H35F3N4O6.2C2HF3O2/c1-4-6-20(25(37)38-5-2)30-13(3)23(34)32-12-16(10-21(32)24(35)36)31-22(33)9-15(29)7-14-8-18(27)19(28)11-17(14)26;2*3-2(4,5)1(6)7/h8,11,13,15-16,20-21,30H,4-7,9-10,12,29H2,1-3H3,(H,31,33)(H,35,36);2*(H,6,7)/t13-,15+,16-,20?,21-;;/m0../s1. The van der Waals surface area contributed by atoms with E-state index in [2.05, 4.69) is 10.6 Å². The fourth-order valence-corrected chi connectivity index (χ4v) is 4.44. The molecule has 1 saturated heterocycles. The van der Waals surface area contributed by atoms with Crippen LogP contribution in [0, 0.1) is 17.5 Å². The molecule has 0 spiro atoms. The number of alkyl halides is 6. The zero-order valence-corrected chi connectivity index (χ0v) is 27.6. The van der Waals surface area contributed by atoms with E-state index in [1.165, 1.54) is 6.92 Å². The number of halogens is 9. The van der Waals surface area contributed by atoms with E-state index in [4.69, 9.17) is 30.3 Å². The lowest BCUT2D eigenvalue weighted by atomic mass is 10.0. The summed E-state index contributed by atoms with van der Waals surface area (Å²) in [6.07, 6.45) is -9.67. The van der Waals surface area contributed by atoms with Gasteiger partial charge in [-0.1, -0.05) is 13.3 Å². The highest BCUT2D eigenvalue weighted by atomic mass is 19.4. The SMILES string of the molecule is CCCC(N[C@@H](C)C(=O)N1C[C@@H](NC(=O)C[C@H](N)Cc2cc(F)c(F)cc2F)C[C@H]1C(=O)O)C(=O)OCC.O=C(O)C(F)(F)F.O=C(O)C(F)(F)F. The maximum atomic E-state index is 13.9. The smallest absolute Gasteiger partial charge is 0.480 e. The number of likely N-dealkylation sites (tertiary alicyclic amines) is 1. The molecule has 0 radical (unpaired) electrons. The first-order valence-electron chi connectivity index (χ1n) is 15.0. The zero-order chi connectivity index (χ0) is 40.7. The third-order valence-corrected chi connectivity index (χ3v) is 6.71. The van der Waals surface area contributed by atoms with Gasteiger partial charge in [-0.25, -0.2) is 27.6 Å². The van der Waals surface area contributed by atoms with Crippen molar-refractivity contribution >= 4 is 35.7 Å². The second kappa shape index (κ2) is 21.0. The first kappa shape index (κ1) is 47.3. The van der Waals surface area contributed by atoms with Crippen LogP contribution in [-0.2, 0) is 39.9 Å². The normalized spacial score (nSPS) is 17.3. The van der Waals surface area contributed by atoms with Crippen LogP contribution in [-0.4, -0.2) is 112 Å². The van der Waals surface area contributed by atoms with Crippen LogP contribution in [0.15, 0.2) is 12.1 Å². The minimum atomic E-state index is -5.08. The molecule has 7 N–H and O–H groups in total. The van der Waals surface area contributed by atoms with Gasteiger partial charge in [0.15, 0.2) is 11.6 Å². The topological polar surface area (TPSA) is 226 Å². The predicted octanol–water partition coefficient (Wildman–Crippen LogP) is 2.51. The van der Waals surface area contributed by atoms with E-state index in [0.29, 0.717) is 25.0 Å². The van der Waals surface area contributed by atoms with Gasteiger partial charge in [0.2, 0.25) is 11.8 Å². The first-order chi connectivity index (χ1) is 23.8. The Morgan fingerprint density at radius 1 is 0.923 bits per heavy atom. The number of hydrogen-bond donors (Lipinski definition) is 6. The average Bonchev–Trinajstić information content (AvgIpc) is 3.42. The van der Waals surface area contributed by atoms with Crippen LogP contribution in [0.25, 0.3) is 0 Å². The van der Waals surface area contributed by atoms with E-state index in [1.54, 1.807) is 6.92 Å².